The summed E-state index contributed by atoms with van der Waals surface area (Å²) in [5.41, 5.74) is 0. The van der Waals surface area contributed by atoms with E-state index in [0.29, 0.717) is 6.54 Å². The van der Waals surface area contributed by atoms with Crippen LogP contribution in [0.4, 0.5) is 0 Å². The molecule has 1 saturated heterocycles. The lowest BCUT2D eigenvalue weighted by Gasteiger charge is -2.14. The van der Waals surface area contributed by atoms with Gasteiger partial charge in [0.2, 0.25) is 5.91 Å². The van der Waals surface area contributed by atoms with E-state index in [0.717, 1.165) is 19.6 Å². The summed E-state index contributed by atoms with van der Waals surface area (Å²) in [6, 6.07) is 0. The number of nitrogens with one attached hydrogen (secondary N) is 1. The highest BCUT2D eigenvalue weighted by Gasteiger charge is 2.11. The number of ketones is 1. The van der Waals surface area contributed by atoms with Crippen LogP contribution in [-0.2, 0) is 9.59 Å². The van der Waals surface area contributed by atoms with Crippen LogP contribution in [0.15, 0.2) is 0 Å². The second-order valence-corrected chi connectivity index (χ2v) is 3.78. The summed E-state index contributed by atoms with van der Waals surface area (Å²) in [4.78, 5) is 24.0. The average molecular weight is 198 g/mol. The molecule has 1 aliphatic rings. The fraction of sp³-hybridized carbons (Fsp3) is 0.800. The van der Waals surface area contributed by atoms with Crippen molar-refractivity contribution in [3.05, 3.63) is 0 Å². The van der Waals surface area contributed by atoms with Crippen LogP contribution in [0, 0.1) is 0 Å². The monoisotopic (exact) mass is 198 g/mol. The lowest BCUT2D eigenvalue weighted by Crippen LogP contribution is -2.34. The molecule has 0 aromatic carbocycles. The third-order valence-corrected chi connectivity index (χ3v) is 2.36. The van der Waals surface area contributed by atoms with Crippen molar-refractivity contribution in [2.75, 3.05) is 26.2 Å². The maximum Gasteiger partial charge on any atom is 0.227 e. The van der Waals surface area contributed by atoms with E-state index in [9.17, 15) is 9.59 Å². The maximum absolute atomic E-state index is 11.1. The van der Waals surface area contributed by atoms with Gasteiger partial charge in [0, 0.05) is 13.1 Å². The van der Waals surface area contributed by atoms with Crippen LogP contribution in [0.3, 0.4) is 0 Å². The number of amides is 1. The Balaban J connectivity index is 2.02. The van der Waals surface area contributed by atoms with E-state index in [1.165, 1.54) is 19.8 Å². The van der Waals surface area contributed by atoms with Gasteiger partial charge in [0.1, 0.15) is 5.78 Å². The van der Waals surface area contributed by atoms with Crippen LogP contribution in [0.1, 0.15) is 26.2 Å². The minimum Gasteiger partial charge on any atom is -0.354 e. The maximum atomic E-state index is 11.1. The molecule has 0 bridgehead atoms. The second-order valence-electron chi connectivity index (χ2n) is 3.78. The van der Waals surface area contributed by atoms with E-state index in [4.69, 9.17) is 0 Å². The number of rotatable bonds is 5. The molecule has 0 saturated carbocycles. The zero-order valence-corrected chi connectivity index (χ0v) is 8.71. The van der Waals surface area contributed by atoms with Crippen molar-refractivity contribution in [2.45, 2.75) is 26.2 Å². The molecular weight excluding hydrogens is 180 g/mol. The first-order valence-electron chi connectivity index (χ1n) is 5.17. The van der Waals surface area contributed by atoms with Crippen molar-refractivity contribution < 1.29 is 9.59 Å². The van der Waals surface area contributed by atoms with E-state index >= 15 is 0 Å². The number of nitrogens with zero attached hydrogens (tertiary/aromatic N) is 1. The Hall–Kier alpha value is -0.900. The molecule has 1 heterocycles. The van der Waals surface area contributed by atoms with Crippen molar-refractivity contribution in [2.24, 2.45) is 0 Å². The van der Waals surface area contributed by atoms with Crippen LogP contribution < -0.4 is 5.32 Å². The van der Waals surface area contributed by atoms with Gasteiger partial charge in [-0.05, 0) is 32.9 Å². The third kappa shape index (κ3) is 4.37. The molecule has 1 rings (SSSR count). The summed E-state index contributed by atoms with van der Waals surface area (Å²) < 4.78 is 0. The van der Waals surface area contributed by atoms with Crippen LogP contribution in [0.25, 0.3) is 0 Å². The van der Waals surface area contributed by atoms with Crippen molar-refractivity contribution in [3.8, 4) is 0 Å². The Morgan fingerprint density at radius 2 is 1.93 bits per heavy atom. The average Bonchev–Trinajstić information content (AvgIpc) is 2.55. The summed E-state index contributed by atoms with van der Waals surface area (Å²) in [6.07, 6.45) is 2.54. The Labute approximate surface area is 84.7 Å². The third-order valence-electron chi connectivity index (χ3n) is 2.36. The minimum atomic E-state index is -0.156. The van der Waals surface area contributed by atoms with E-state index < -0.39 is 0 Å². The number of Topliss-reactive ketones (excluding diaryl/α,β-unsaturated/α-hetero) is 1. The Kier molecular flexibility index (Phi) is 4.59. The molecule has 4 heteroatoms. The van der Waals surface area contributed by atoms with Gasteiger partial charge in [-0.3, -0.25) is 9.59 Å². The van der Waals surface area contributed by atoms with Gasteiger partial charge < -0.3 is 10.2 Å². The van der Waals surface area contributed by atoms with E-state index in [2.05, 4.69) is 10.2 Å². The topological polar surface area (TPSA) is 49.4 Å². The largest absolute Gasteiger partial charge is 0.354 e. The second kappa shape index (κ2) is 5.75. The van der Waals surface area contributed by atoms with Crippen LogP contribution >= 0.6 is 0 Å². The molecule has 0 aromatic rings. The van der Waals surface area contributed by atoms with Crippen molar-refractivity contribution in [1.82, 2.24) is 10.2 Å². The first kappa shape index (κ1) is 11.2. The van der Waals surface area contributed by atoms with Gasteiger partial charge in [0.05, 0.1) is 6.42 Å². The molecule has 0 aromatic heterocycles. The van der Waals surface area contributed by atoms with Gasteiger partial charge in [-0.1, -0.05) is 0 Å². The molecule has 14 heavy (non-hydrogen) atoms. The van der Waals surface area contributed by atoms with E-state index in [1.54, 1.807) is 0 Å². The van der Waals surface area contributed by atoms with Gasteiger partial charge >= 0.3 is 0 Å². The molecule has 0 spiro atoms. The SMILES string of the molecule is CC(=O)CC(=O)NCCN1CCCC1. The zero-order chi connectivity index (χ0) is 10.4. The smallest absolute Gasteiger partial charge is 0.227 e. The first-order chi connectivity index (χ1) is 6.68. The number of hydrogen-bond donors (Lipinski definition) is 1. The van der Waals surface area contributed by atoms with Gasteiger partial charge in [-0.2, -0.15) is 0 Å². The number of carbonyl (C=O) groups excluding carboxylic acids is 2. The zero-order valence-electron chi connectivity index (χ0n) is 8.71. The summed E-state index contributed by atoms with van der Waals surface area (Å²) in [7, 11) is 0. The van der Waals surface area contributed by atoms with Crippen molar-refractivity contribution >= 4 is 11.7 Å². The van der Waals surface area contributed by atoms with Crippen LogP contribution in [0.2, 0.25) is 0 Å². The Bertz CT molecular complexity index is 210. The quantitative estimate of drug-likeness (QED) is 0.641. The minimum absolute atomic E-state index is 0.0139. The lowest BCUT2D eigenvalue weighted by molar-refractivity contribution is -0.127. The Morgan fingerprint density at radius 1 is 1.29 bits per heavy atom. The predicted molar refractivity (Wildman–Crippen MR) is 54.0 cm³/mol. The summed E-state index contributed by atoms with van der Waals surface area (Å²) in [5, 5.41) is 2.74. The lowest BCUT2D eigenvalue weighted by atomic mass is 10.3. The van der Waals surface area contributed by atoms with E-state index in [1.807, 2.05) is 0 Å². The number of hydrogen-bond acceptors (Lipinski definition) is 3. The summed E-state index contributed by atoms with van der Waals surface area (Å²) >= 11 is 0. The molecule has 1 N–H and O–H groups in total. The van der Waals surface area contributed by atoms with E-state index in [-0.39, 0.29) is 18.1 Å². The normalized spacial score (nSPS) is 16.9. The highest BCUT2D eigenvalue weighted by Crippen LogP contribution is 2.05. The fourth-order valence-corrected chi connectivity index (χ4v) is 1.65. The molecule has 0 unspecified atom stereocenters. The first-order valence-corrected chi connectivity index (χ1v) is 5.17. The van der Waals surface area contributed by atoms with Gasteiger partial charge in [0.25, 0.3) is 0 Å². The van der Waals surface area contributed by atoms with Gasteiger partial charge in [0.15, 0.2) is 0 Å². The molecule has 1 aliphatic heterocycles. The number of likely N-dealkylation sites (tertiary alicyclic amines) is 1. The molecular formula is C10H18N2O2. The van der Waals surface area contributed by atoms with Crippen molar-refractivity contribution in [1.29, 1.82) is 0 Å². The standard InChI is InChI=1S/C10H18N2O2/c1-9(13)8-10(14)11-4-7-12-5-2-3-6-12/h2-8H2,1H3,(H,11,14). The highest BCUT2D eigenvalue weighted by atomic mass is 16.2. The molecule has 1 amide bonds. The number of carbonyl (C=O) groups is 2. The molecule has 4 nitrogen and oxygen atoms in total. The summed E-state index contributed by atoms with van der Waals surface area (Å²) in [5.74, 6) is -0.236. The van der Waals surface area contributed by atoms with Crippen LogP contribution in [0.5, 0.6) is 0 Å². The predicted octanol–water partition coefficient (Wildman–Crippen LogP) is 0.178. The highest BCUT2D eigenvalue weighted by molar-refractivity contribution is 5.96. The van der Waals surface area contributed by atoms with Gasteiger partial charge in [-0.25, -0.2) is 0 Å². The fourth-order valence-electron chi connectivity index (χ4n) is 1.65. The molecule has 0 atom stereocenters. The summed E-state index contributed by atoms with van der Waals surface area (Å²) in [6.45, 7) is 5.28. The molecule has 1 fully saturated rings. The molecule has 80 valence electrons. The van der Waals surface area contributed by atoms with Crippen molar-refractivity contribution in [3.63, 3.8) is 0 Å². The Morgan fingerprint density at radius 3 is 2.50 bits per heavy atom. The molecule has 0 aliphatic carbocycles. The molecule has 0 radical (unpaired) electrons. The van der Waals surface area contributed by atoms with Crippen LogP contribution in [-0.4, -0.2) is 42.8 Å². The van der Waals surface area contributed by atoms with Gasteiger partial charge in [-0.15, -0.1) is 0 Å².